The molecule has 5 atom stereocenters. The smallest absolute Gasteiger partial charge is 0.176 e. The Balaban J connectivity index is 1.78. The molecule has 1 aromatic rings. The SMILES string of the molecule is C=C(C)C(CC)ON1C[C@@H]2O[C@@H](O[C@H]2CO)[C@H]1Cc1ccccc1. The van der Waals surface area contributed by atoms with Crippen LogP contribution in [0.5, 0.6) is 0 Å². The zero-order valence-corrected chi connectivity index (χ0v) is 14.4. The van der Waals surface area contributed by atoms with E-state index in [1.807, 2.05) is 30.2 Å². The Morgan fingerprint density at radius 2 is 2.12 bits per heavy atom. The third-order valence-electron chi connectivity index (χ3n) is 4.73. The number of nitrogens with zero attached hydrogens (tertiary/aromatic N) is 1. The molecule has 132 valence electrons. The van der Waals surface area contributed by atoms with Gasteiger partial charge in [0.05, 0.1) is 25.3 Å². The third-order valence-corrected chi connectivity index (χ3v) is 4.73. The zero-order valence-electron chi connectivity index (χ0n) is 14.4. The molecule has 24 heavy (non-hydrogen) atoms. The number of hydrogen-bond donors (Lipinski definition) is 1. The highest BCUT2D eigenvalue weighted by atomic mass is 16.8. The average Bonchev–Trinajstić information content (AvgIpc) is 2.94. The molecule has 1 unspecified atom stereocenters. The van der Waals surface area contributed by atoms with Gasteiger partial charge in [0.2, 0.25) is 0 Å². The molecule has 0 amide bonds. The molecule has 2 saturated heterocycles. The summed E-state index contributed by atoms with van der Waals surface area (Å²) < 4.78 is 11.9. The Morgan fingerprint density at radius 3 is 2.75 bits per heavy atom. The van der Waals surface area contributed by atoms with Crippen molar-refractivity contribution < 1.29 is 19.4 Å². The second-order valence-electron chi connectivity index (χ2n) is 6.61. The van der Waals surface area contributed by atoms with Crippen LogP contribution in [0.1, 0.15) is 25.8 Å². The maximum atomic E-state index is 9.51. The predicted molar refractivity (Wildman–Crippen MR) is 91.2 cm³/mol. The Morgan fingerprint density at radius 1 is 1.38 bits per heavy atom. The molecular formula is C19H27NO4. The molecule has 0 radical (unpaired) electrons. The number of hydroxylamine groups is 2. The van der Waals surface area contributed by atoms with Gasteiger partial charge < -0.3 is 14.6 Å². The maximum absolute atomic E-state index is 9.51. The molecule has 5 heteroatoms. The molecule has 0 aliphatic carbocycles. The summed E-state index contributed by atoms with van der Waals surface area (Å²) >= 11 is 0. The number of ether oxygens (including phenoxy) is 2. The van der Waals surface area contributed by atoms with E-state index in [9.17, 15) is 5.11 Å². The topological polar surface area (TPSA) is 51.2 Å². The zero-order chi connectivity index (χ0) is 17.1. The summed E-state index contributed by atoms with van der Waals surface area (Å²) in [6, 6.07) is 10.2. The van der Waals surface area contributed by atoms with Crippen molar-refractivity contribution in [1.82, 2.24) is 5.06 Å². The normalized spacial score (nSPS) is 31.1. The van der Waals surface area contributed by atoms with Crippen LogP contribution in [0.3, 0.4) is 0 Å². The highest BCUT2D eigenvalue weighted by molar-refractivity contribution is 5.16. The van der Waals surface area contributed by atoms with Gasteiger partial charge in [-0.15, -0.1) is 0 Å². The standard InChI is InChI=1S/C19H27NO4/c1-4-16(13(2)3)24-20-11-17-18(12-21)23-19(22-17)15(20)10-14-8-6-5-7-9-14/h5-9,15-19,21H,2,4,10-12H2,1,3H3/t15-,16?,17+,18+,19+/m1/s1. The minimum atomic E-state index is -0.385. The number of aliphatic hydroxyl groups is 1. The van der Waals surface area contributed by atoms with Crippen LogP contribution in [0.4, 0.5) is 0 Å². The van der Waals surface area contributed by atoms with Crippen molar-refractivity contribution in [1.29, 1.82) is 0 Å². The van der Waals surface area contributed by atoms with Gasteiger partial charge in [0.1, 0.15) is 12.2 Å². The van der Waals surface area contributed by atoms with Crippen LogP contribution in [0.2, 0.25) is 0 Å². The minimum Gasteiger partial charge on any atom is -0.394 e. The van der Waals surface area contributed by atoms with E-state index in [1.165, 1.54) is 5.56 Å². The van der Waals surface area contributed by atoms with Gasteiger partial charge in [0.25, 0.3) is 0 Å². The van der Waals surface area contributed by atoms with Crippen LogP contribution in [-0.4, -0.2) is 54.0 Å². The summed E-state index contributed by atoms with van der Waals surface area (Å²) in [6.07, 6.45) is 0.784. The summed E-state index contributed by atoms with van der Waals surface area (Å²) in [5.41, 5.74) is 2.21. The van der Waals surface area contributed by atoms with E-state index in [1.54, 1.807) is 0 Å². The number of benzene rings is 1. The van der Waals surface area contributed by atoms with Crippen molar-refractivity contribution >= 4 is 0 Å². The molecule has 2 bridgehead atoms. The fourth-order valence-electron chi connectivity index (χ4n) is 3.35. The molecule has 2 aliphatic heterocycles. The maximum Gasteiger partial charge on any atom is 0.176 e. The molecule has 3 rings (SSSR count). The fraction of sp³-hybridized carbons (Fsp3) is 0.579. The summed E-state index contributed by atoms with van der Waals surface area (Å²) in [6.45, 7) is 8.66. The van der Waals surface area contributed by atoms with Gasteiger partial charge in [0.15, 0.2) is 6.29 Å². The van der Waals surface area contributed by atoms with Crippen molar-refractivity contribution in [2.45, 2.75) is 57.3 Å². The highest BCUT2D eigenvalue weighted by Gasteiger charge is 2.48. The van der Waals surface area contributed by atoms with E-state index in [2.05, 4.69) is 25.6 Å². The third kappa shape index (κ3) is 3.71. The average molecular weight is 333 g/mol. The minimum absolute atomic E-state index is 0.0200. The highest BCUT2D eigenvalue weighted by Crippen LogP contribution is 2.33. The van der Waals surface area contributed by atoms with E-state index in [0.29, 0.717) is 6.54 Å². The molecule has 2 aliphatic rings. The van der Waals surface area contributed by atoms with Crippen molar-refractivity contribution in [3.05, 3.63) is 48.0 Å². The van der Waals surface area contributed by atoms with Gasteiger partial charge >= 0.3 is 0 Å². The van der Waals surface area contributed by atoms with Crippen LogP contribution in [0, 0.1) is 0 Å². The Bertz CT molecular complexity index is 550. The van der Waals surface area contributed by atoms with Gasteiger partial charge in [-0.2, -0.15) is 5.06 Å². The second-order valence-corrected chi connectivity index (χ2v) is 6.61. The molecule has 1 aromatic carbocycles. The lowest BCUT2D eigenvalue weighted by Crippen LogP contribution is -2.53. The van der Waals surface area contributed by atoms with E-state index in [-0.39, 0.29) is 37.3 Å². The monoisotopic (exact) mass is 333 g/mol. The first-order valence-corrected chi connectivity index (χ1v) is 8.66. The number of morpholine rings is 1. The lowest BCUT2D eigenvalue weighted by Gasteiger charge is -2.39. The van der Waals surface area contributed by atoms with Crippen molar-refractivity contribution in [2.75, 3.05) is 13.2 Å². The summed E-state index contributed by atoms with van der Waals surface area (Å²) in [5.74, 6) is 0. The van der Waals surface area contributed by atoms with Crippen molar-refractivity contribution in [3.63, 3.8) is 0 Å². The quantitative estimate of drug-likeness (QED) is 0.776. The van der Waals surface area contributed by atoms with E-state index >= 15 is 0 Å². The molecule has 5 nitrogen and oxygen atoms in total. The van der Waals surface area contributed by atoms with Gasteiger partial charge in [-0.05, 0) is 30.9 Å². The number of fused-ring (bicyclic) bond motifs is 2. The fourth-order valence-corrected chi connectivity index (χ4v) is 3.35. The van der Waals surface area contributed by atoms with Crippen LogP contribution in [0.25, 0.3) is 0 Å². The van der Waals surface area contributed by atoms with Crippen LogP contribution in [0.15, 0.2) is 42.5 Å². The van der Waals surface area contributed by atoms with E-state index in [4.69, 9.17) is 14.3 Å². The lowest BCUT2D eigenvalue weighted by atomic mass is 10.0. The second kappa shape index (κ2) is 7.76. The van der Waals surface area contributed by atoms with Crippen molar-refractivity contribution in [2.24, 2.45) is 0 Å². The summed E-state index contributed by atoms with van der Waals surface area (Å²) in [5, 5.41) is 11.5. The van der Waals surface area contributed by atoms with Crippen LogP contribution < -0.4 is 0 Å². The largest absolute Gasteiger partial charge is 0.394 e. The van der Waals surface area contributed by atoms with E-state index in [0.717, 1.165) is 18.4 Å². The summed E-state index contributed by atoms with van der Waals surface area (Å²) in [4.78, 5) is 6.25. The molecule has 2 heterocycles. The van der Waals surface area contributed by atoms with E-state index < -0.39 is 0 Å². The summed E-state index contributed by atoms with van der Waals surface area (Å²) in [7, 11) is 0. The lowest BCUT2D eigenvalue weighted by molar-refractivity contribution is -0.283. The predicted octanol–water partition coefficient (Wildman–Crippen LogP) is 2.30. The molecule has 2 fully saturated rings. The van der Waals surface area contributed by atoms with Gasteiger partial charge in [-0.25, -0.2) is 0 Å². The van der Waals surface area contributed by atoms with Crippen LogP contribution in [-0.2, 0) is 20.7 Å². The van der Waals surface area contributed by atoms with Gasteiger partial charge in [0, 0.05) is 0 Å². The van der Waals surface area contributed by atoms with Gasteiger partial charge in [-0.3, -0.25) is 4.84 Å². The first kappa shape index (κ1) is 17.6. The Labute approximate surface area is 143 Å². The number of hydrogen-bond acceptors (Lipinski definition) is 5. The first-order chi connectivity index (χ1) is 11.6. The Kier molecular flexibility index (Phi) is 5.69. The first-order valence-electron chi connectivity index (χ1n) is 8.66. The molecule has 0 spiro atoms. The molecular weight excluding hydrogens is 306 g/mol. The molecule has 0 saturated carbocycles. The molecule has 1 N–H and O–H groups in total. The van der Waals surface area contributed by atoms with Gasteiger partial charge in [-0.1, -0.05) is 43.8 Å². The number of aliphatic hydroxyl groups excluding tert-OH is 1. The Hall–Kier alpha value is -1.24. The molecule has 0 aromatic heterocycles. The van der Waals surface area contributed by atoms with Crippen LogP contribution >= 0.6 is 0 Å². The van der Waals surface area contributed by atoms with Crippen molar-refractivity contribution in [3.8, 4) is 0 Å². The number of rotatable bonds is 7.